The number of allylic oxidation sites excluding steroid dienone is 2. The number of hydrogen-bond acceptors (Lipinski definition) is 6. The summed E-state index contributed by atoms with van der Waals surface area (Å²) in [4.78, 5) is 4.23. The first-order valence-electron chi connectivity index (χ1n) is 6.34. The zero-order chi connectivity index (χ0) is 15.9. The van der Waals surface area contributed by atoms with E-state index in [0.717, 1.165) is 11.4 Å². The van der Waals surface area contributed by atoms with Gasteiger partial charge < -0.3 is 5.32 Å². The van der Waals surface area contributed by atoms with E-state index in [2.05, 4.69) is 20.5 Å². The molecule has 0 unspecified atom stereocenters. The summed E-state index contributed by atoms with van der Waals surface area (Å²) in [5.74, 6) is 1.46. The number of rotatable bonds is 4. The highest BCUT2D eigenvalue weighted by atomic mass is 15.2. The molecule has 0 atom stereocenters. The molecule has 0 amide bonds. The number of aromatic amines is 1. The van der Waals surface area contributed by atoms with Gasteiger partial charge in [-0.25, -0.2) is 4.98 Å². The van der Waals surface area contributed by atoms with Crippen molar-refractivity contribution in [3.8, 4) is 18.2 Å². The van der Waals surface area contributed by atoms with Gasteiger partial charge in [0.25, 0.3) is 0 Å². The van der Waals surface area contributed by atoms with Crippen molar-refractivity contribution in [3.63, 3.8) is 0 Å². The van der Waals surface area contributed by atoms with E-state index in [1.54, 1.807) is 24.3 Å². The Morgan fingerprint density at radius 2 is 1.82 bits per heavy atom. The van der Waals surface area contributed by atoms with E-state index in [1.165, 1.54) is 0 Å². The molecule has 2 N–H and O–H groups in total. The smallest absolute Gasteiger partial charge is 0.163 e. The van der Waals surface area contributed by atoms with Crippen LogP contribution in [0.15, 0.2) is 35.5 Å². The molecule has 0 spiro atoms. The average Bonchev–Trinajstić information content (AvgIpc) is 2.94. The van der Waals surface area contributed by atoms with Crippen molar-refractivity contribution < 1.29 is 0 Å². The average molecular weight is 289 g/mol. The first-order valence-corrected chi connectivity index (χ1v) is 6.34. The second-order valence-electron chi connectivity index (χ2n) is 4.42. The van der Waals surface area contributed by atoms with Gasteiger partial charge in [-0.2, -0.15) is 20.9 Å². The van der Waals surface area contributed by atoms with Gasteiger partial charge >= 0.3 is 0 Å². The molecule has 0 saturated heterocycles. The van der Waals surface area contributed by atoms with Gasteiger partial charge in [-0.1, -0.05) is 12.1 Å². The van der Waals surface area contributed by atoms with Crippen molar-refractivity contribution in [2.24, 2.45) is 0 Å². The maximum absolute atomic E-state index is 8.98. The van der Waals surface area contributed by atoms with Crippen LogP contribution in [0.5, 0.6) is 0 Å². The van der Waals surface area contributed by atoms with Gasteiger partial charge in [0.15, 0.2) is 11.4 Å². The van der Waals surface area contributed by atoms with Crippen LogP contribution in [0.1, 0.15) is 17.2 Å². The van der Waals surface area contributed by atoms with Gasteiger partial charge in [-0.15, -0.1) is 0 Å². The summed E-state index contributed by atoms with van der Waals surface area (Å²) in [6.45, 7) is 1.83. The van der Waals surface area contributed by atoms with E-state index >= 15 is 0 Å². The SMILES string of the molecule is Cc1nc(Cc2ccc(NC(C#N)=C(C#N)C#N)cc2)n[nH]1. The summed E-state index contributed by atoms with van der Waals surface area (Å²) in [5.41, 5.74) is 1.31. The van der Waals surface area contributed by atoms with E-state index < -0.39 is 0 Å². The molecule has 22 heavy (non-hydrogen) atoms. The summed E-state index contributed by atoms with van der Waals surface area (Å²) in [6.07, 6.45) is 0.590. The van der Waals surface area contributed by atoms with E-state index in [1.807, 2.05) is 25.1 Å². The molecule has 0 saturated carbocycles. The fourth-order valence-electron chi connectivity index (χ4n) is 1.78. The molecule has 7 nitrogen and oxygen atoms in total. The minimum absolute atomic E-state index is 0.0673. The molecule has 0 radical (unpaired) electrons. The molecule has 0 fully saturated rings. The lowest BCUT2D eigenvalue weighted by Gasteiger charge is -2.05. The Balaban J connectivity index is 2.13. The highest BCUT2D eigenvalue weighted by molar-refractivity contribution is 5.58. The van der Waals surface area contributed by atoms with Crippen LogP contribution in [-0.4, -0.2) is 15.2 Å². The normalized spacial score (nSPS) is 9.18. The summed E-state index contributed by atoms with van der Waals surface area (Å²) >= 11 is 0. The second kappa shape index (κ2) is 6.69. The predicted octanol–water partition coefficient (Wildman–Crippen LogP) is 1.94. The third-order valence-corrected chi connectivity index (χ3v) is 2.81. The lowest BCUT2D eigenvalue weighted by Crippen LogP contribution is -2.00. The molecular weight excluding hydrogens is 278 g/mol. The molecule has 2 aromatic rings. The van der Waals surface area contributed by atoms with Gasteiger partial charge in [0.2, 0.25) is 0 Å². The number of hydrogen-bond donors (Lipinski definition) is 2. The van der Waals surface area contributed by atoms with E-state index in [-0.39, 0.29) is 11.3 Å². The third-order valence-electron chi connectivity index (χ3n) is 2.81. The van der Waals surface area contributed by atoms with Crippen LogP contribution in [0.3, 0.4) is 0 Å². The Morgan fingerprint density at radius 3 is 2.32 bits per heavy atom. The van der Waals surface area contributed by atoms with Crippen LogP contribution in [0, 0.1) is 40.9 Å². The molecule has 0 aliphatic carbocycles. The van der Waals surface area contributed by atoms with E-state index in [0.29, 0.717) is 17.9 Å². The Labute approximate surface area is 127 Å². The van der Waals surface area contributed by atoms with Crippen LogP contribution in [0.2, 0.25) is 0 Å². The maximum Gasteiger partial charge on any atom is 0.163 e. The lowest BCUT2D eigenvalue weighted by molar-refractivity contribution is 0.969. The molecule has 7 heteroatoms. The van der Waals surface area contributed by atoms with Crippen molar-refractivity contribution in [2.75, 3.05) is 5.32 Å². The quantitative estimate of drug-likeness (QED) is 0.828. The number of anilines is 1. The highest BCUT2D eigenvalue weighted by Gasteiger charge is 2.06. The van der Waals surface area contributed by atoms with E-state index in [4.69, 9.17) is 15.8 Å². The molecular formula is C15H11N7. The molecule has 1 aromatic carbocycles. The van der Waals surface area contributed by atoms with Crippen molar-refractivity contribution in [1.29, 1.82) is 15.8 Å². The van der Waals surface area contributed by atoms with Crippen molar-refractivity contribution >= 4 is 5.69 Å². The minimum Gasteiger partial charge on any atom is -0.345 e. The van der Waals surface area contributed by atoms with Crippen molar-refractivity contribution in [1.82, 2.24) is 15.2 Å². The van der Waals surface area contributed by atoms with Gasteiger partial charge in [0, 0.05) is 12.1 Å². The zero-order valence-corrected chi connectivity index (χ0v) is 11.8. The van der Waals surface area contributed by atoms with Gasteiger partial charge in [0.05, 0.1) is 0 Å². The topological polar surface area (TPSA) is 125 Å². The Bertz CT molecular complexity index is 807. The summed E-state index contributed by atoms with van der Waals surface area (Å²) < 4.78 is 0. The van der Waals surface area contributed by atoms with Crippen LogP contribution in [0.4, 0.5) is 5.69 Å². The monoisotopic (exact) mass is 289 g/mol. The molecule has 1 heterocycles. The fourth-order valence-corrected chi connectivity index (χ4v) is 1.78. The standard InChI is InChI=1S/C15H11N7/c1-10-19-15(22-21-10)6-11-2-4-13(5-3-11)20-14(9-18)12(7-16)8-17/h2-5,20H,6H2,1H3,(H,19,21,22). The van der Waals surface area contributed by atoms with Gasteiger partial charge in [0.1, 0.15) is 29.7 Å². The summed E-state index contributed by atoms with van der Waals surface area (Å²) in [7, 11) is 0. The van der Waals surface area contributed by atoms with Crippen LogP contribution < -0.4 is 5.32 Å². The fraction of sp³-hybridized carbons (Fsp3) is 0.133. The molecule has 106 valence electrons. The van der Waals surface area contributed by atoms with Crippen LogP contribution >= 0.6 is 0 Å². The maximum atomic E-state index is 8.98. The first kappa shape index (κ1) is 14.8. The molecule has 0 aliphatic heterocycles. The summed E-state index contributed by atoms with van der Waals surface area (Å²) in [6, 6.07) is 12.4. The second-order valence-corrected chi connectivity index (χ2v) is 4.42. The number of aromatic nitrogens is 3. The zero-order valence-electron chi connectivity index (χ0n) is 11.8. The number of nitriles is 3. The first-order chi connectivity index (χ1) is 10.7. The minimum atomic E-state index is -0.247. The number of aryl methyl sites for hydroxylation is 1. The van der Waals surface area contributed by atoms with Crippen LogP contribution in [0.25, 0.3) is 0 Å². The molecule has 0 aliphatic rings. The Hall–Kier alpha value is -3.63. The third kappa shape index (κ3) is 3.47. The largest absolute Gasteiger partial charge is 0.345 e. The molecule has 1 aromatic heterocycles. The number of nitrogens with zero attached hydrogens (tertiary/aromatic N) is 5. The highest BCUT2D eigenvalue weighted by Crippen LogP contribution is 2.15. The number of nitrogens with one attached hydrogen (secondary N) is 2. The number of benzene rings is 1. The number of H-pyrrole nitrogens is 1. The van der Waals surface area contributed by atoms with E-state index in [9.17, 15) is 0 Å². The van der Waals surface area contributed by atoms with Gasteiger partial charge in [-0.3, -0.25) is 5.10 Å². The van der Waals surface area contributed by atoms with Crippen molar-refractivity contribution in [3.05, 3.63) is 52.7 Å². The lowest BCUT2D eigenvalue weighted by atomic mass is 10.1. The summed E-state index contributed by atoms with van der Waals surface area (Å²) in [5, 5.41) is 36.1. The van der Waals surface area contributed by atoms with Crippen LogP contribution in [-0.2, 0) is 6.42 Å². The Kier molecular flexibility index (Phi) is 4.49. The predicted molar refractivity (Wildman–Crippen MR) is 77.9 cm³/mol. The molecule has 0 bridgehead atoms. The van der Waals surface area contributed by atoms with Gasteiger partial charge in [-0.05, 0) is 24.6 Å². The molecule has 2 rings (SSSR count). The van der Waals surface area contributed by atoms with Crippen molar-refractivity contribution in [2.45, 2.75) is 13.3 Å². The Morgan fingerprint density at radius 1 is 1.14 bits per heavy atom.